The first-order chi connectivity index (χ1) is 8.13. The Labute approximate surface area is 116 Å². The van der Waals surface area contributed by atoms with Gasteiger partial charge in [-0.2, -0.15) is 0 Å². The summed E-state index contributed by atoms with van der Waals surface area (Å²) in [7, 11) is 2.02. The molecule has 1 aromatic carbocycles. The van der Waals surface area contributed by atoms with E-state index < -0.39 is 0 Å². The molecule has 96 valence electrons. The van der Waals surface area contributed by atoms with Crippen molar-refractivity contribution in [2.75, 3.05) is 19.5 Å². The lowest BCUT2D eigenvalue weighted by atomic mass is 10.2. The summed E-state index contributed by atoms with van der Waals surface area (Å²) in [4.78, 5) is 2.14. The summed E-state index contributed by atoms with van der Waals surface area (Å²) in [6.45, 7) is 1.63. The smallest absolute Gasteiger partial charge is 0.128 e. The molecule has 4 heteroatoms. The quantitative estimate of drug-likeness (QED) is 0.530. The number of benzene rings is 1. The third-order valence-electron chi connectivity index (χ3n) is 2.63. The highest BCUT2D eigenvalue weighted by Gasteiger charge is 2.05. The monoisotopic (exact) mass is 321 g/mol. The zero-order chi connectivity index (χ0) is 12.7. The maximum Gasteiger partial charge on any atom is 0.128 e. The minimum atomic E-state index is -0.146. The molecule has 0 fully saturated rings. The van der Waals surface area contributed by atoms with E-state index in [1.54, 1.807) is 0 Å². The molecule has 0 spiro atoms. The Hall–Kier alpha value is -0.120. The van der Waals surface area contributed by atoms with Gasteiger partial charge in [-0.05, 0) is 38.6 Å². The molecule has 0 radical (unpaired) electrons. The van der Waals surface area contributed by atoms with E-state index in [9.17, 15) is 4.39 Å². The van der Waals surface area contributed by atoms with Crippen LogP contribution in [0, 0.1) is 5.82 Å². The number of alkyl halides is 1. The van der Waals surface area contributed by atoms with Crippen LogP contribution in [-0.2, 0) is 6.54 Å². The minimum Gasteiger partial charge on any atom is -0.302 e. The van der Waals surface area contributed by atoms with Gasteiger partial charge < -0.3 is 4.90 Å². The zero-order valence-electron chi connectivity index (χ0n) is 10.1. The molecule has 1 aromatic rings. The molecular formula is C13H18BrClFN. The molecule has 17 heavy (non-hydrogen) atoms. The summed E-state index contributed by atoms with van der Waals surface area (Å²) in [6, 6.07) is 5.21. The van der Waals surface area contributed by atoms with Gasteiger partial charge in [-0.15, -0.1) is 11.6 Å². The summed E-state index contributed by atoms with van der Waals surface area (Å²) >= 11 is 8.87. The number of hydrogen-bond acceptors (Lipinski definition) is 1. The van der Waals surface area contributed by atoms with Crippen LogP contribution in [0.25, 0.3) is 0 Å². The summed E-state index contributed by atoms with van der Waals surface area (Å²) in [5.41, 5.74) is 0.744. The normalized spacial score (nSPS) is 11.1. The van der Waals surface area contributed by atoms with Crippen molar-refractivity contribution in [3.05, 3.63) is 34.1 Å². The predicted octanol–water partition coefficient (Wildman–Crippen LogP) is 4.43. The molecule has 1 nitrogen and oxygen atoms in total. The minimum absolute atomic E-state index is 0.146. The molecule has 0 saturated heterocycles. The van der Waals surface area contributed by atoms with E-state index in [-0.39, 0.29) is 5.82 Å². The summed E-state index contributed by atoms with van der Waals surface area (Å²) in [6.07, 6.45) is 3.31. The third-order valence-corrected chi connectivity index (χ3v) is 3.39. The average Bonchev–Trinajstić information content (AvgIpc) is 2.28. The number of unbranched alkanes of at least 4 members (excludes halogenated alkanes) is 2. The van der Waals surface area contributed by atoms with Crippen LogP contribution < -0.4 is 0 Å². The highest BCUT2D eigenvalue weighted by molar-refractivity contribution is 9.10. The van der Waals surface area contributed by atoms with Crippen LogP contribution in [-0.4, -0.2) is 24.4 Å². The van der Waals surface area contributed by atoms with E-state index in [2.05, 4.69) is 20.8 Å². The lowest BCUT2D eigenvalue weighted by molar-refractivity contribution is 0.313. The van der Waals surface area contributed by atoms with Crippen LogP contribution in [0.3, 0.4) is 0 Å². The lowest BCUT2D eigenvalue weighted by Crippen LogP contribution is -2.19. The van der Waals surface area contributed by atoms with Gasteiger partial charge in [-0.3, -0.25) is 0 Å². The third kappa shape index (κ3) is 5.84. The van der Waals surface area contributed by atoms with Crippen molar-refractivity contribution >= 4 is 27.5 Å². The van der Waals surface area contributed by atoms with Crippen LogP contribution in [0.2, 0.25) is 0 Å². The van der Waals surface area contributed by atoms with E-state index in [0.29, 0.717) is 6.54 Å². The molecule has 0 aliphatic carbocycles. The van der Waals surface area contributed by atoms with Crippen molar-refractivity contribution in [1.29, 1.82) is 0 Å². The van der Waals surface area contributed by atoms with Crippen LogP contribution >= 0.6 is 27.5 Å². The van der Waals surface area contributed by atoms with Crippen molar-refractivity contribution in [3.8, 4) is 0 Å². The molecule has 0 aromatic heterocycles. The second-order valence-electron chi connectivity index (χ2n) is 4.22. The fourth-order valence-electron chi connectivity index (χ4n) is 1.67. The van der Waals surface area contributed by atoms with E-state index in [0.717, 1.165) is 41.7 Å². The molecule has 0 aliphatic heterocycles. The van der Waals surface area contributed by atoms with Gasteiger partial charge in [0, 0.05) is 22.5 Å². The fraction of sp³-hybridized carbons (Fsp3) is 0.538. The molecule has 0 amide bonds. The van der Waals surface area contributed by atoms with Crippen molar-refractivity contribution in [2.45, 2.75) is 25.8 Å². The van der Waals surface area contributed by atoms with Gasteiger partial charge in [0.1, 0.15) is 5.82 Å². The van der Waals surface area contributed by atoms with E-state index in [1.807, 2.05) is 19.2 Å². The SMILES string of the molecule is CN(CCCCCCl)Cc1ccc(Br)cc1F. The molecule has 0 bridgehead atoms. The van der Waals surface area contributed by atoms with Gasteiger partial charge in [-0.1, -0.05) is 28.4 Å². The average molecular weight is 323 g/mol. The Kier molecular flexibility index (Phi) is 7.09. The second-order valence-corrected chi connectivity index (χ2v) is 5.52. The van der Waals surface area contributed by atoms with Crippen molar-refractivity contribution in [2.24, 2.45) is 0 Å². The summed E-state index contributed by atoms with van der Waals surface area (Å²) in [5, 5.41) is 0. The molecule has 1 rings (SSSR count). The van der Waals surface area contributed by atoms with Gasteiger partial charge in [0.2, 0.25) is 0 Å². The lowest BCUT2D eigenvalue weighted by Gasteiger charge is -2.17. The Morgan fingerprint density at radius 3 is 2.71 bits per heavy atom. The van der Waals surface area contributed by atoms with Gasteiger partial charge in [0.05, 0.1) is 0 Å². The molecule has 0 N–H and O–H groups in total. The Morgan fingerprint density at radius 2 is 2.06 bits per heavy atom. The first kappa shape index (κ1) is 14.9. The Bertz CT molecular complexity index is 346. The molecule has 0 aliphatic rings. The van der Waals surface area contributed by atoms with Crippen LogP contribution in [0.1, 0.15) is 24.8 Å². The summed E-state index contributed by atoms with van der Waals surface area (Å²) < 4.78 is 14.4. The highest BCUT2D eigenvalue weighted by Crippen LogP contribution is 2.16. The van der Waals surface area contributed by atoms with E-state index >= 15 is 0 Å². The fourth-order valence-corrected chi connectivity index (χ4v) is 2.19. The maximum absolute atomic E-state index is 13.6. The topological polar surface area (TPSA) is 3.24 Å². The highest BCUT2D eigenvalue weighted by atomic mass is 79.9. The summed E-state index contributed by atoms with van der Waals surface area (Å²) in [5.74, 6) is 0.581. The van der Waals surface area contributed by atoms with Crippen molar-refractivity contribution in [3.63, 3.8) is 0 Å². The zero-order valence-corrected chi connectivity index (χ0v) is 12.4. The Balaban J connectivity index is 2.37. The molecule has 0 unspecified atom stereocenters. The largest absolute Gasteiger partial charge is 0.302 e. The van der Waals surface area contributed by atoms with Crippen LogP contribution in [0.15, 0.2) is 22.7 Å². The number of nitrogens with zero attached hydrogens (tertiary/aromatic N) is 1. The number of rotatable bonds is 7. The van der Waals surface area contributed by atoms with Crippen LogP contribution in [0.4, 0.5) is 4.39 Å². The van der Waals surface area contributed by atoms with Crippen LogP contribution in [0.5, 0.6) is 0 Å². The van der Waals surface area contributed by atoms with Gasteiger partial charge in [-0.25, -0.2) is 4.39 Å². The second kappa shape index (κ2) is 8.06. The number of hydrogen-bond donors (Lipinski definition) is 0. The van der Waals surface area contributed by atoms with Gasteiger partial charge in [0.15, 0.2) is 0 Å². The van der Waals surface area contributed by atoms with Gasteiger partial charge in [0.25, 0.3) is 0 Å². The maximum atomic E-state index is 13.6. The number of halogens is 3. The van der Waals surface area contributed by atoms with E-state index in [1.165, 1.54) is 6.07 Å². The first-order valence-corrected chi connectivity index (χ1v) is 7.14. The predicted molar refractivity (Wildman–Crippen MR) is 75.0 cm³/mol. The molecule has 0 saturated carbocycles. The molecule has 0 atom stereocenters. The molecular weight excluding hydrogens is 305 g/mol. The standard InChI is InChI=1S/C13H18BrClFN/c1-17(8-4-2-3-7-15)10-11-5-6-12(14)9-13(11)16/h5-6,9H,2-4,7-8,10H2,1H3. The molecule has 0 heterocycles. The van der Waals surface area contributed by atoms with Gasteiger partial charge >= 0.3 is 0 Å². The van der Waals surface area contributed by atoms with Crippen molar-refractivity contribution < 1.29 is 4.39 Å². The first-order valence-electron chi connectivity index (χ1n) is 5.82. The van der Waals surface area contributed by atoms with Crippen molar-refractivity contribution in [1.82, 2.24) is 4.90 Å². The Morgan fingerprint density at radius 1 is 1.29 bits per heavy atom. The van der Waals surface area contributed by atoms with E-state index in [4.69, 9.17) is 11.6 Å².